The van der Waals surface area contributed by atoms with Gasteiger partial charge >= 0.3 is 0 Å². The summed E-state index contributed by atoms with van der Waals surface area (Å²) in [5, 5.41) is 19.8. The molecule has 1 aliphatic carbocycles. The van der Waals surface area contributed by atoms with Crippen LogP contribution in [0.15, 0.2) is 131 Å². The van der Waals surface area contributed by atoms with Crippen LogP contribution in [0.1, 0.15) is 31.2 Å². The standard InChI is InChI=1S/C45H45ClN8O5S2/c46-33-15-13-31(14-16-33)39-12-5-4-7-32(39)28-52-21-23-53(24-22-52)36-17-19-40-42(26-36)47-30-48-45(40)51-61(58,59)38-18-20-41(43(27-38)54(56)57)49-35(25-44(55)50-34-8-6-9-34)29-60-37-10-2-1-3-11-37/h1-5,7,10-20,26-27,30,34-35,49H,6,8-9,21-25,28-29H2,(H,50,55)(H,47,48,51). The fourth-order valence-electron chi connectivity index (χ4n) is 7.58. The highest BCUT2D eigenvalue weighted by atomic mass is 35.5. The summed E-state index contributed by atoms with van der Waals surface area (Å²) >= 11 is 7.67. The normalized spacial score (nSPS) is 15.2. The van der Waals surface area contributed by atoms with Crippen molar-refractivity contribution in [1.82, 2.24) is 20.2 Å². The number of fused-ring (bicyclic) bond motifs is 1. The summed E-state index contributed by atoms with van der Waals surface area (Å²) < 4.78 is 30.1. The molecule has 8 rings (SSSR count). The minimum absolute atomic E-state index is 0.0565. The van der Waals surface area contributed by atoms with E-state index in [1.54, 1.807) is 6.07 Å². The van der Waals surface area contributed by atoms with Crippen molar-refractivity contribution in [2.45, 2.75) is 54.1 Å². The third-order valence-electron chi connectivity index (χ3n) is 11.1. The second-order valence-corrected chi connectivity index (χ2v) is 18.5. The van der Waals surface area contributed by atoms with Crippen LogP contribution in [0.2, 0.25) is 5.02 Å². The van der Waals surface area contributed by atoms with Gasteiger partial charge in [0.15, 0.2) is 5.82 Å². The molecule has 6 aromatic rings. The van der Waals surface area contributed by atoms with E-state index in [0.29, 0.717) is 21.7 Å². The van der Waals surface area contributed by atoms with E-state index < -0.39 is 26.7 Å². The third-order valence-corrected chi connectivity index (χ3v) is 13.9. The SMILES string of the molecule is O=C(CC(CSc1ccccc1)Nc1ccc(S(=O)(=O)Nc2ncnc3cc(N4CCN(Cc5ccccc5-c5ccc(Cl)cc5)CC4)ccc23)cc1[N+](=O)[O-])NC1CCC1. The van der Waals surface area contributed by atoms with Crippen LogP contribution in [-0.2, 0) is 21.4 Å². The number of sulfonamides is 1. The van der Waals surface area contributed by atoms with E-state index in [1.807, 2.05) is 66.7 Å². The lowest BCUT2D eigenvalue weighted by Crippen LogP contribution is -2.46. The number of nitrogens with zero attached hydrogens (tertiary/aromatic N) is 5. The maximum Gasteiger partial charge on any atom is 0.293 e. The fraction of sp³-hybridized carbons (Fsp3) is 0.267. The van der Waals surface area contributed by atoms with Gasteiger partial charge in [-0.15, -0.1) is 11.8 Å². The summed E-state index contributed by atoms with van der Waals surface area (Å²) in [5.74, 6) is 0.360. The maximum absolute atomic E-state index is 13.8. The molecule has 1 saturated carbocycles. The molecule has 61 heavy (non-hydrogen) atoms. The van der Waals surface area contributed by atoms with Gasteiger partial charge < -0.3 is 15.5 Å². The Balaban J connectivity index is 0.938. The fourth-order valence-corrected chi connectivity index (χ4v) is 9.70. The number of rotatable bonds is 16. The number of amides is 1. The van der Waals surface area contributed by atoms with Gasteiger partial charge in [0, 0.05) is 84.0 Å². The number of nitro groups is 1. The van der Waals surface area contributed by atoms with Crippen LogP contribution in [0.25, 0.3) is 22.0 Å². The van der Waals surface area contributed by atoms with Crippen LogP contribution in [0, 0.1) is 10.1 Å². The first kappa shape index (κ1) is 42.0. The number of thioether (sulfide) groups is 1. The van der Waals surface area contributed by atoms with E-state index in [4.69, 9.17) is 11.6 Å². The lowest BCUT2D eigenvalue weighted by atomic mass is 9.93. The Hall–Kier alpha value is -5.74. The molecular formula is C45H45ClN8O5S2. The predicted octanol–water partition coefficient (Wildman–Crippen LogP) is 8.61. The highest BCUT2D eigenvalue weighted by Crippen LogP contribution is 2.33. The largest absolute Gasteiger partial charge is 0.375 e. The number of hydrogen-bond acceptors (Lipinski definition) is 11. The van der Waals surface area contributed by atoms with E-state index in [1.165, 1.54) is 41.3 Å². The number of nitro benzene ring substituents is 1. The second-order valence-electron chi connectivity index (χ2n) is 15.3. The number of carbonyl (C=O) groups excluding carboxylic acids is 1. The molecular weight excluding hydrogens is 832 g/mol. The molecule has 16 heteroatoms. The third kappa shape index (κ3) is 10.4. The number of halogens is 1. The van der Waals surface area contributed by atoms with Gasteiger partial charge in [-0.1, -0.05) is 66.2 Å². The minimum atomic E-state index is -4.33. The van der Waals surface area contributed by atoms with Gasteiger partial charge in [-0.25, -0.2) is 18.4 Å². The topological polar surface area (TPSA) is 163 Å². The maximum atomic E-state index is 13.8. The number of nitrogens with one attached hydrogen (secondary N) is 3. The Kier molecular flexibility index (Phi) is 13.0. The second kappa shape index (κ2) is 18.9. The Morgan fingerprint density at radius 1 is 0.902 bits per heavy atom. The van der Waals surface area contributed by atoms with Crippen LogP contribution < -0.4 is 20.3 Å². The summed E-state index contributed by atoms with van der Waals surface area (Å²) in [6, 6.07) is 35.0. The first-order chi connectivity index (χ1) is 29.6. The highest BCUT2D eigenvalue weighted by Gasteiger charge is 2.27. The highest BCUT2D eigenvalue weighted by molar-refractivity contribution is 7.99. The molecule has 1 aromatic heterocycles. The minimum Gasteiger partial charge on any atom is -0.375 e. The molecule has 2 aliphatic rings. The summed E-state index contributed by atoms with van der Waals surface area (Å²) in [6.45, 7) is 4.11. The van der Waals surface area contributed by atoms with Crippen molar-refractivity contribution in [2.24, 2.45) is 0 Å². The van der Waals surface area contributed by atoms with Gasteiger partial charge in [0.1, 0.15) is 12.0 Å². The van der Waals surface area contributed by atoms with Crippen LogP contribution in [0.3, 0.4) is 0 Å². The average molecular weight is 877 g/mol. The molecule has 0 bridgehead atoms. The van der Waals surface area contributed by atoms with Crippen LogP contribution >= 0.6 is 23.4 Å². The number of carbonyl (C=O) groups is 1. The lowest BCUT2D eigenvalue weighted by molar-refractivity contribution is -0.384. The number of piperazine rings is 1. The van der Waals surface area contributed by atoms with Gasteiger partial charge in [0.2, 0.25) is 5.91 Å². The van der Waals surface area contributed by atoms with Gasteiger partial charge in [0.25, 0.3) is 15.7 Å². The Bertz CT molecular complexity index is 2630. The van der Waals surface area contributed by atoms with E-state index in [9.17, 15) is 23.3 Å². The number of anilines is 3. The molecule has 1 amide bonds. The molecule has 1 aliphatic heterocycles. The monoisotopic (exact) mass is 876 g/mol. The van der Waals surface area contributed by atoms with E-state index >= 15 is 0 Å². The number of aromatic nitrogens is 2. The number of hydrogen-bond donors (Lipinski definition) is 3. The van der Waals surface area contributed by atoms with Crippen molar-refractivity contribution >= 4 is 73.1 Å². The molecule has 13 nitrogen and oxygen atoms in total. The molecule has 0 radical (unpaired) electrons. The zero-order valence-corrected chi connectivity index (χ0v) is 35.6. The van der Waals surface area contributed by atoms with E-state index in [0.717, 1.165) is 74.2 Å². The lowest BCUT2D eigenvalue weighted by Gasteiger charge is -2.36. The molecule has 314 valence electrons. The van der Waals surface area contributed by atoms with Crippen LogP contribution in [0.4, 0.5) is 22.9 Å². The van der Waals surface area contributed by atoms with Crippen molar-refractivity contribution in [3.8, 4) is 11.1 Å². The van der Waals surface area contributed by atoms with Crippen molar-refractivity contribution in [3.63, 3.8) is 0 Å². The first-order valence-corrected chi connectivity index (χ1v) is 23.0. The van der Waals surface area contributed by atoms with Crippen molar-refractivity contribution < 1.29 is 18.1 Å². The zero-order valence-electron chi connectivity index (χ0n) is 33.2. The summed E-state index contributed by atoms with van der Waals surface area (Å²) in [4.78, 5) is 38.8. The van der Waals surface area contributed by atoms with Crippen molar-refractivity contribution in [2.75, 3.05) is 46.9 Å². The first-order valence-electron chi connectivity index (χ1n) is 20.2. The summed E-state index contributed by atoms with van der Waals surface area (Å²) in [5.41, 5.74) is 4.76. The molecule has 5 aromatic carbocycles. The van der Waals surface area contributed by atoms with Gasteiger partial charge in [-0.2, -0.15) is 0 Å². The smallest absolute Gasteiger partial charge is 0.293 e. The number of benzene rings is 5. The average Bonchev–Trinajstić information content (AvgIpc) is 3.25. The van der Waals surface area contributed by atoms with E-state index in [-0.39, 0.29) is 34.8 Å². The molecule has 2 heterocycles. The Morgan fingerprint density at radius 2 is 1.66 bits per heavy atom. The van der Waals surface area contributed by atoms with Crippen LogP contribution in [0.5, 0.6) is 0 Å². The molecule has 3 N–H and O–H groups in total. The quantitative estimate of drug-likeness (QED) is 0.0485. The molecule has 0 spiro atoms. The van der Waals surface area contributed by atoms with Gasteiger partial charge in [0.05, 0.1) is 15.3 Å². The van der Waals surface area contributed by atoms with Crippen molar-refractivity contribution in [3.05, 3.63) is 142 Å². The molecule has 1 unspecified atom stereocenters. The molecule has 2 fully saturated rings. The van der Waals surface area contributed by atoms with Crippen molar-refractivity contribution in [1.29, 1.82) is 0 Å². The van der Waals surface area contributed by atoms with E-state index in [2.05, 4.69) is 59.4 Å². The Morgan fingerprint density at radius 3 is 2.39 bits per heavy atom. The summed E-state index contributed by atoms with van der Waals surface area (Å²) in [6.07, 6.45) is 4.33. The Labute approximate surface area is 364 Å². The van der Waals surface area contributed by atoms with Gasteiger partial charge in [-0.3, -0.25) is 24.5 Å². The zero-order chi connectivity index (χ0) is 42.3. The molecule has 1 saturated heterocycles. The molecule has 1 atom stereocenters. The van der Waals surface area contributed by atoms with Gasteiger partial charge in [-0.05, 0) is 90.6 Å². The predicted molar refractivity (Wildman–Crippen MR) is 243 cm³/mol. The summed E-state index contributed by atoms with van der Waals surface area (Å²) in [7, 11) is -4.33. The van der Waals surface area contributed by atoms with Crippen LogP contribution in [-0.4, -0.2) is 78.1 Å².